The van der Waals surface area contributed by atoms with Crippen LogP contribution < -0.4 is 11.4 Å². The van der Waals surface area contributed by atoms with Crippen molar-refractivity contribution < 1.29 is 13.9 Å². The third-order valence-electron chi connectivity index (χ3n) is 9.65. The van der Waals surface area contributed by atoms with Crippen molar-refractivity contribution in [2.24, 2.45) is 47.2 Å². The second kappa shape index (κ2) is 8.96. The van der Waals surface area contributed by atoms with E-state index in [0.717, 1.165) is 42.4 Å². The summed E-state index contributed by atoms with van der Waals surface area (Å²) in [5.41, 5.74) is 6.99. The molecule has 4 saturated carbocycles. The van der Waals surface area contributed by atoms with Crippen LogP contribution in [0.1, 0.15) is 83.1 Å². The molecule has 0 aromatic carbocycles. The van der Waals surface area contributed by atoms with Crippen molar-refractivity contribution in [2.45, 2.75) is 89.7 Å². The van der Waals surface area contributed by atoms with Crippen LogP contribution in [0.4, 0.5) is 0 Å². The number of fused-ring (bicyclic) bond motifs is 5. The van der Waals surface area contributed by atoms with Crippen LogP contribution in [0.3, 0.4) is 0 Å². The van der Waals surface area contributed by atoms with Gasteiger partial charge in [0, 0.05) is 6.07 Å². The van der Waals surface area contributed by atoms with Crippen molar-refractivity contribution in [3.05, 3.63) is 34.4 Å². The lowest BCUT2D eigenvalue weighted by Crippen LogP contribution is -2.47. The quantitative estimate of drug-likeness (QED) is 0.673. The van der Waals surface area contributed by atoms with Crippen LogP contribution in [0.5, 0.6) is 0 Å². The summed E-state index contributed by atoms with van der Waals surface area (Å²) in [5.74, 6) is 5.23. The Morgan fingerprint density at radius 2 is 1.59 bits per heavy atom. The zero-order valence-corrected chi connectivity index (χ0v) is 19.6. The Morgan fingerprint density at radius 1 is 0.938 bits per heavy atom. The van der Waals surface area contributed by atoms with Gasteiger partial charge >= 0.3 is 11.6 Å². The van der Waals surface area contributed by atoms with Gasteiger partial charge in [0.1, 0.15) is 12.1 Å². The molecule has 9 atom stereocenters. The van der Waals surface area contributed by atoms with Crippen molar-refractivity contribution in [3.63, 3.8) is 0 Å². The number of hydrogen-bond donors (Lipinski definition) is 1. The lowest BCUT2D eigenvalue weighted by molar-refractivity contribution is -0.156. The minimum atomic E-state index is -0.508. The Morgan fingerprint density at radius 3 is 2.34 bits per heavy atom. The summed E-state index contributed by atoms with van der Waals surface area (Å²) in [5, 5.41) is 0. The Bertz CT molecular complexity index is 858. The van der Waals surface area contributed by atoms with E-state index >= 15 is 0 Å². The van der Waals surface area contributed by atoms with Gasteiger partial charge in [-0.2, -0.15) is 0 Å². The van der Waals surface area contributed by atoms with E-state index in [2.05, 4.69) is 0 Å². The van der Waals surface area contributed by atoms with Crippen LogP contribution in [0.25, 0.3) is 0 Å². The molecule has 176 valence electrons. The maximum absolute atomic E-state index is 12.4. The molecule has 2 N–H and O–H groups in total. The summed E-state index contributed by atoms with van der Waals surface area (Å²) in [7, 11) is 0. The van der Waals surface area contributed by atoms with E-state index in [1.807, 2.05) is 19.9 Å². The second-order valence-corrected chi connectivity index (χ2v) is 11.4. The smallest absolute Gasteiger partial charge is 0.335 e. The monoisotopic (exact) mass is 441 g/mol. The molecule has 1 aromatic rings. The summed E-state index contributed by atoms with van der Waals surface area (Å²) in [6.07, 6.45) is 12.8. The minimum absolute atomic E-state index is 0.0602. The van der Waals surface area contributed by atoms with Gasteiger partial charge in [-0.25, -0.2) is 4.79 Å². The first-order chi connectivity index (χ1) is 15.4. The highest BCUT2D eigenvalue weighted by molar-refractivity contribution is 5.75. The fourth-order valence-corrected chi connectivity index (χ4v) is 8.08. The van der Waals surface area contributed by atoms with Gasteiger partial charge in [-0.05, 0) is 117 Å². The molecule has 9 unspecified atom stereocenters. The number of hydrogen-bond acceptors (Lipinski definition) is 5. The van der Waals surface area contributed by atoms with Gasteiger partial charge in [0.2, 0.25) is 0 Å². The third-order valence-corrected chi connectivity index (χ3v) is 9.65. The average Bonchev–Trinajstić information content (AvgIpc) is 3.23. The Labute approximate surface area is 191 Å². The fourth-order valence-electron chi connectivity index (χ4n) is 8.08. The van der Waals surface area contributed by atoms with Gasteiger partial charge < -0.3 is 14.9 Å². The molecule has 0 aliphatic heterocycles. The van der Waals surface area contributed by atoms with Crippen molar-refractivity contribution >= 4 is 5.97 Å². The molecule has 4 aliphatic rings. The third kappa shape index (κ3) is 4.06. The van der Waals surface area contributed by atoms with E-state index in [1.165, 1.54) is 50.5 Å². The molecule has 5 nitrogen and oxygen atoms in total. The standard InChI is InChI=1S/C27H39NO4/c1-15(2)26(28)27(30)32-18-5-7-19-16(13-18)3-6-23-21(19)10-11-22-20(8-9-24(22)23)17-4-12-25(29)31-14-17/h4,12,14-16,18-24,26H,3,5-11,13,28H2,1-2H3. The molecule has 0 amide bonds. The first-order valence-corrected chi connectivity index (χ1v) is 13.0. The van der Waals surface area contributed by atoms with E-state index in [9.17, 15) is 9.59 Å². The molecule has 1 aromatic heterocycles. The van der Waals surface area contributed by atoms with Crippen molar-refractivity contribution in [3.8, 4) is 0 Å². The largest absolute Gasteiger partial charge is 0.461 e. The second-order valence-electron chi connectivity index (χ2n) is 11.4. The molecule has 1 heterocycles. The molecule has 32 heavy (non-hydrogen) atoms. The molecular formula is C27H39NO4. The number of rotatable bonds is 4. The van der Waals surface area contributed by atoms with Crippen LogP contribution in [0.2, 0.25) is 0 Å². The molecule has 5 heteroatoms. The predicted octanol–water partition coefficient (Wildman–Crippen LogP) is 4.88. The lowest BCUT2D eigenvalue weighted by atomic mass is 9.53. The first-order valence-electron chi connectivity index (χ1n) is 13.0. The molecule has 4 aliphatic carbocycles. The van der Waals surface area contributed by atoms with Crippen LogP contribution in [0.15, 0.2) is 27.6 Å². The normalized spacial score (nSPS) is 39.6. The summed E-state index contributed by atoms with van der Waals surface area (Å²) < 4.78 is 11.0. The van der Waals surface area contributed by atoms with Crippen molar-refractivity contribution in [1.82, 2.24) is 0 Å². The van der Waals surface area contributed by atoms with E-state index in [4.69, 9.17) is 14.9 Å². The van der Waals surface area contributed by atoms with Gasteiger partial charge in [-0.1, -0.05) is 13.8 Å². The van der Waals surface area contributed by atoms with Gasteiger partial charge in [0.25, 0.3) is 0 Å². The van der Waals surface area contributed by atoms with Crippen LogP contribution in [-0.4, -0.2) is 18.1 Å². The molecule has 5 rings (SSSR count). The molecule has 0 bridgehead atoms. The van der Waals surface area contributed by atoms with E-state index in [1.54, 1.807) is 12.3 Å². The van der Waals surface area contributed by atoms with Crippen LogP contribution in [-0.2, 0) is 9.53 Å². The Kier molecular flexibility index (Phi) is 6.21. The number of carbonyl (C=O) groups is 1. The van der Waals surface area contributed by atoms with Crippen LogP contribution in [0, 0.1) is 41.4 Å². The highest BCUT2D eigenvalue weighted by Gasteiger charge is 2.52. The predicted molar refractivity (Wildman–Crippen MR) is 123 cm³/mol. The zero-order valence-electron chi connectivity index (χ0n) is 19.6. The number of ether oxygens (including phenoxy) is 1. The average molecular weight is 442 g/mol. The molecular weight excluding hydrogens is 402 g/mol. The Balaban J connectivity index is 1.22. The van der Waals surface area contributed by atoms with Gasteiger partial charge in [0.05, 0.1) is 6.26 Å². The summed E-state index contributed by atoms with van der Waals surface area (Å²) in [6, 6.07) is 3.07. The van der Waals surface area contributed by atoms with E-state index in [0.29, 0.717) is 11.8 Å². The highest BCUT2D eigenvalue weighted by Crippen LogP contribution is 2.60. The fraction of sp³-hybridized carbons (Fsp3) is 0.778. The SMILES string of the molecule is CC(C)C(N)C(=O)OC1CCC2C(CCC3C2CCC2C(c4ccc(=O)oc4)CCC23)C1. The topological polar surface area (TPSA) is 82.5 Å². The number of nitrogens with two attached hydrogens (primary N) is 1. The maximum Gasteiger partial charge on any atom is 0.335 e. The molecule has 0 radical (unpaired) electrons. The lowest BCUT2D eigenvalue weighted by Gasteiger charge is -2.53. The van der Waals surface area contributed by atoms with Gasteiger partial charge in [0.15, 0.2) is 0 Å². The number of esters is 1. The summed E-state index contributed by atoms with van der Waals surface area (Å²) >= 11 is 0. The van der Waals surface area contributed by atoms with E-state index < -0.39 is 6.04 Å². The molecule has 0 spiro atoms. The molecule has 4 fully saturated rings. The zero-order chi connectivity index (χ0) is 22.4. The number of carbonyl (C=O) groups excluding carboxylic acids is 1. The minimum Gasteiger partial charge on any atom is -0.461 e. The van der Waals surface area contributed by atoms with Crippen molar-refractivity contribution in [2.75, 3.05) is 0 Å². The molecule has 0 saturated heterocycles. The summed E-state index contributed by atoms with van der Waals surface area (Å²) in [4.78, 5) is 23.7. The maximum atomic E-state index is 12.4. The van der Waals surface area contributed by atoms with Crippen LogP contribution >= 0.6 is 0 Å². The first kappa shape index (κ1) is 22.2. The van der Waals surface area contributed by atoms with Crippen molar-refractivity contribution in [1.29, 1.82) is 0 Å². The Hall–Kier alpha value is -1.62. The highest BCUT2D eigenvalue weighted by atomic mass is 16.5. The van der Waals surface area contributed by atoms with Gasteiger partial charge in [-0.15, -0.1) is 0 Å². The van der Waals surface area contributed by atoms with E-state index in [-0.39, 0.29) is 23.6 Å². The van der Waals surface area contributed by atoms with Gasteiger partial charge in [-0.3, -0.25) is 4.79 Å². The summed E-state index contributed by atoms with van der Waals surface area (Å²) in [6.45, 7) is 3.95.